The van der Waals surface area contributed by atoms with E-state index in [4.69, 9.17) is 0 Å². The lowest BCUT2D eigenvalue weighted by molar-refractivity contribution is 0.418. The first-order valence-electron chi connectivity index (χ1n) is 8.14. The molecule has 1 saturated heterocycles. The van der Waals surface area contributed by atoms with Crippen LogP contribution in [-0.2, 0) is 6.54 Å². The highest BCUT2D eigenvalue weighted by atomic mass is 19.1. The highest BCUT2D eigenvalue weighted by Crippen LogP contribution is 2.35. The predicted octanol–water partition coefficient (Wildman–Crippen LogP) is 4.48. The second kappa shape index (κ2) is 6.35. The maximum atomic E-state index is 14.4. The summed E-state index contributed by atoms with van der Waals surface area (Å²) in [4.78, 5) is 2.43. The number of benzene rings is 1. The Kier molecular flexibility index (Phi) is 4.92. The van der Waals surface area contributed by atoms with Crippen molar-refractivity contribution in [3.8, 4) is 0 Å². The van der Waals surface area contributed by atoms with Crippen molar-refractivity contribution >= 4 is 5.69 Å². The van der Waals surface area contributed by atoms with Crippen molar-refractivity contribution in [2.24, 2.45) is 0 Å². The fourth-order valence-electron chi connectivity index (χ4n) is 3.22. The molecular formula is C18H29FN2. The van der Waals surface area contributed by atoms with Gasteiger partial charge in [0.15, 0.2) is 0 Å². The zero-order chi connectivity index (χ0) is 15.6. The van der Waals surface area contributed by atoms with Gasteiger partial charge < -0.3 is 10.2 Å². The number of hydrogen-bond donors (Lipinski definition) is 1. The molecule has 0 aliphatic carbocycles. The summed E-state index contributed by atoms with van der Waals surface area (Å²) in [7, 11) is 0. The first kappa shape index (κ1) is 16.3. The molecule has 2 atom stereocenters. The zero-order valence-corrected chi connectivity index (χ0v) is 14.0. The largest absolute Gasteiger partial charge is 0.366 e. The molecule has 3 heteroatoms. The summed E-state index contributed by atoms with van der Waals surface area (Å²) in [5.41, 5.74) is 1.86. The molecule has 21 heavy (non-hydrogen) atoms. The number of nitrogens with zero attached hydrogens (tertiary/aromatic N) is 1. The van der Waals surface area contributed by atoms with E-state index >= 15 is 0 Å². The fraction of sp³-hybridized carbons (Fsp3) is 0.667. The summed E-state index contributed by atoms with van der Waals surface area (Å²) in [6.07, 6.45) is 3.52. The molecule has 2 unspecified atom stereocenters. The molecule has 1 aromatic carbocycles. The average Bonchev–Trinajstić information content (AvgIpc) is 2.77. The first-order chi connectivity index (χ1) is 9.83. The van der Waals surface area contributed by atoms with Gasteiger partial charge in [-0.15, -0.1) is 0 Å². The van der Waals surface area contributed by atoms with E-state index in [1.807, 2.05) is 6.07 Å². The molecule has 1 heterocycles. The van der Waals surface area contributed by atoms with Crippen LogP contribution in [0.2, 0.25) is 0 Å². The molecule has 0 amide bonds. The highest BCUT2D eigenvalue weighted by Gasteiger charge is 2.31. The van der Waals surface area contributed by atoms with Crippen molar-refractivity contribution < 1.29 is 4.39 Å². The topological polar surface area (TPSA) is 15.3 Å². The molecule has 1 aliphatic heterocycles. The van der Waals surface area contributed by atoms with E-state index in [1.165, 1.54) is 12.8 Å². The van der Waals surface area contributed by atoms with Gasteiger partial charge in [0.2, 0.25) is 0 Å². The third-order valence-corrected chi connectivity index (χ3v) is 4.42. The molecule has 2 rings (SSSR count). The number of hydrogen-bond acceptors (Lipinski definition) is 2. The summed E-state index contributed by atoms with van der Waals surface area (Å²) in [6, 6.07) is 6.52. The quantitative estimate of drug-likeness (QED) is 0.880. The Morgan fingerprint density at radius 2 is 2.00 bits per heavy atom. The molecule has 2 nitrogen and oxygen atoms in total. The molecule has 1 N–H and O–H groups in total. The molecular weight excluding hydrogens is 263 g/mol. The van der Waals surface area contributed by atoms with Gasteiger partial charge in [-0.2, -0.15) is 0 Å². The Morgan fingerprint density at radius 1 is 1.29 bits per heavy atom. The molecule has 1 aliphatic rings. The van der Waals surface area contributed by atoms with Crippen molar-refractivity contribution in [2.75, 3.05) is 4.90 Å². The van der Waals surface area contributed by atoms with Crippen LogP contribution >= 0.6 is 0 Å². The van der Waals surface area contributed by atoms with Crippen LogP contribution in [0.4, 0.5) is 10.1 Å². The monoisotopic (exact) mass is 292 g/mol. The van der Waals surface area contributed by atoms with Gasteiger partial charge in [0.1, 0.15) is 5.82 Å². The molecule has 0 radical (unpaired) electrons. The molecule has 1 fully saturated rings. The van der Waals surface area contributed by atoms with Gasteiger partial charge >= 0.3 is 0 Å². The number of halogens is 1. The Bertz CT molecular complexity index is 479. The Labute approximate surface area is 128 Å². The molecule has 0 saturated carbocycles. The van der Waals surface area contributed by atoms with Crippen molar-refractivity contribution in [3.63, 3.8) is 0 Å². The molecule has 1 aromatic rings. The van der Waals surface area contributed by atoms with Crippen molar-refractivity contribution in [2.45, 2.75) is 78.0 Å². The lowest BCUT2D eigenvalue weighted by Gasteiger charge is -2.33. The van der Waals surface area contributed by atoms with Gasteiger partial charge in [-0.1, -0.05) is 13.0 Å². The van der Waals surface area contributed by atoms with E-state index in [-0.39, 0.29) is 11.4 Å². The standard InChI is InChI=1S/C18H29FN2/c1-6-14-11-10-13(2)21(14)17-9-7-8-16(19)15(17)12-20-18(3,4)5/h7-9,13-14,20H,6,10-12H2,1-5H3. The van der Waals surface area contributed by atoms with Gasteiger partial charge in [0.05, 0.1) is 0 Å². The van der Waals surface area contributed by atoms with Crippen LogP contribution in [0.3, 0.4) is 0 Å². The van der Waals surface area contributed by atoms with E-state index in [0.29, 0.717) is 18.6 Å². The highest BCUT2D eigenvalue weighted by molar-refractivity contribution is 5.56. The second-order valence-electron chi connectivity index (χ2n) is 7.24. The first-order valence-corrected chi connectivity index (χ1v) is 8.14. The summed E-state index contributed by atoms with van der Waals surface area (Å²) in [6.45, 7) is 11.4. The van der Waals surface area contributed by atoms with Crippen LogP contribution in [0.5, 0.6) is 0 Å². The lowest BCUT2D eigenvalue weighted by Crippen LogP contribution is -2.38. The molecule has 0 bridgehead atoms. The summed E-state index contributed by atoms with van der Waals surface area (Å²) in [5.74, 6) is -0.0989. The smallest absolute Gasteiger partial charge is 0.129 e. The van der Waals surface area contributed by atoms with E-state index in [9.17, 15) is 4.39 Å². The maximum absolute atomic E-state index is 14.4. The Morgan fingerprint density at radius 3 is 2.62 bits per heavy atom. The summed E-state index contributed by atoms with van der Waals surface area (Å²) >= 11 is 0. The van der Waals surface area contributed by atoms with Crippen molar-refractivity contribution in [1.29, 1.82) is 0 Å². The molecule has 0 aromatic heterocycles. The maximum Gasteiger partial charge on any atom is 0.129 e. The number of rotatable bonds is 4. The number of anilines is 1. The van der Waals surface area contributed by atoms with Crippen LogP contribution in [0, 0.1) is 5.82 Å². The van der Waals surface area contributed by atoms with Gasteiger partial charge in [-0.3, -0.25) is 0 Å². The van der Waals surface area contributed by atoms with Gasteiger partial charge in [-0.25, -0.2) is 4.39 Å². The normalized spacial score (nSPS) is 22.9. The predicted molar refractivity (Wildman–Crippen MR) is 88.2 cm³/mol. The summed E-state index contributed by atoms with van der Waals surface area (Å²) in [5, 5.41) is 3.42. The minimum absolute atomic E-state index is 0.0136. The fourth-order valence-corrected chi connectivity index (χ4v) is 3.22. The van der Waals surface area contributed by atoms with E-state index in [0.717, 1.165) is 17.7 Å². The number of nitrogens with one attached hydrogen (secondary N) is 1. The van der Waals surface area contributed by atoms with Crippen molar-refractivity contribution in [1.82, 2.24) is 5.32 Å². The minimum Gasteiger partial charge on any atom is -0.366 e. The Balaban J connectivity index is 2.32. The van der Waals surface area contributed by atoms with Crippen LogP contribution in [0.25, 0.3) is 0 Å². The van der Waals surface area contributed by atoms with Crippen LogP contribution in [-0.4, -0.2) is 17.6 Å². The Hall–Kier alpha value is -1.09. The van der Waals surface area contributed by atoms with E-state index in [2.05, 4.69) is 50.9 Å². The van der Waals surface area contributed by atoms with Crippen LogP contribution in [0.15, 0.2) is 18.2 Å². The van der Waals surface area contributed by atoms with Crippen molar-refractivity contribution in [3.05, 3.63) is 29.6 Å². The van der Waals surface area contributed by atoms with Gasteiger partial charge in [0, 0.05) is 35.4 Å². The minimum atomic E-state index is -0.0989. The SMILES string of the molecule is CCC1CCC(C)N1c1cccc(F)c1CNC(C)(C)C. The second-order valence-corrected chi connectivity index (χ2v) is 7.24. The lowest BCUT2D eigenvalue weighted by atomic mass is 10.1. The average molecular weight is 292 g/mol. The van der Waals surface area contributed by atoms with Crippen LogP contribution < -0.4 is 10.2 Å². The van der Waals surface area contributed by atoms with Gasteiger partial charge in [0.25, 0.3) is 0 Å². The van der Waals surface area contributed by atoms with Gasteiger partial charge in [-0.05, 0) is 59.1 Å². The summed E-state index contributed by atoms with van der Waals surface area (Å²) < 4.78 is 14.4. The van der Waals surface area contributed by atoms with E-state index in [1.54, 1.807) is 6.07 Å². The van der Waals surface area contributed by atoms with E-state index < -0.39 is 0 Å². The molecule has 118 valence electrons. The third kappa shape index (κ3) is 3.76. The van der Waals surface area contributed by atoms with Crippen LogP contribution in [0.1, 0.15) is 59.4 Å². The zero-order valence-electron chi connectivity index (χ0n) is 14.0. The molecule has 0 spiro atoms. The third-order valence-electron chi connectivity index (χ3n) is 4.42.